The SMILES string of the molecule is CCNC(=NCCS(=O)(=O)NCC1CCCCO1)NC1CCc2nc(CC)nn2C1. The molecule has 0 radical (unpaired) electrons. The van der Waals surface area contributed by atoms with E-state index in [2.05, 4.69) is 37.4 Å². The molecule has 1 saturated heterocycles. The van der Waals surface area contributed by atoms with Crippen LogP contribution < -0.4 is 15.4 Å². The smallest absolute Gasteiger partial charge is 0.213 e. The summed E-state index contributed by atoms with van der Waals surface area (Å²) in [5.41, 5.74) is 0. The van der Waals surface area contributed by atoms with Crippen LogP contribution in [0, 0.1) is 0 Å². The largest absolute Gasteiger partial charge is 0.377 e. The van der Waals surface area contributed by atoms with Gasteiger partial charge in [0.25, 0.3) is 0 Å². The van der Waals surface area contributed by atoms with E-state index >= 15 is 0 Å². The quantitative estimate of drug-likeness (QED) is 0.369. The molecule has 2 aliphatic heterocycles. The molecule has 1 aromatic heterocycles. The Labute approximate surface area is 179 Å². The highest BCUT2D eigenvalue weighted by atomic mass is 32.2. The van der Waals surface area contributed by atoms with Gasteiger partial charge in [-0.15, -0.1) is 0 Å². The summed E-state index contributed by atoms with van der Waals surface area (Å²) < 4.78 is 34.7. The van der Waals surface area contributed by atoms with Crippen LogP contribution >= 0.6 is 0 Å². The Morgan fingerprint density at radius 2 is 2.17 bits per heavy atom. The van der Waals surface area contributed by atoms with E-state index in [1.807, 2.05) is 11.6 Å². The summed E-state index contributed by atoms with van der Waals surface area (Å²) in [6.07, 6.45) is 5.67. The summed E-state index contributed by atoms with van der Waals surface area (Å²) in [4.78, 5) is 9.01. The van der Waals surface area contributed by atoms with Crippen molar-refractivity contribution in [3.05, 3.63) is 11.6 Å². The average Bonchev–Trinajstić information content (AvgIpc) is 3.16. The monoisotopic (exact) mass is 441 g/mol. The van der Waals surface area contributed by atoms with E-state index in [1.54, 1.807) is 0 Å². The second-order valence-electron chi connectivity index (χ2n) is 7.78. The molecule has 0 saturated carbocycles. The Balaban J connectivity index is 1.47. The van der Waals surface area contributed by atoms with Crippen LogP contribution in [-0.4, -0.2) is 73.3 Å². The van der Waals surface area contributed by atoms with E-state index in [0.717, 1.165) is 56.7 Å². The maximum absolute atomic E-state index is 12.3. The number of sulfonamides is 1. The number of nitrogens with zero attached hydrogens (tertiary/aromatic N) is 4. The van der Waals surface area contributed by atoms with E-state index in [4.69, 9.17) is 4.74 Å². The van der Waals surface area contributed by atoms with Gasteiger partial charge in [-0.3, -0.25) is 4.99 Å². The third-order valence-electron chi connectivity index (χ3n) is 5.34. The van der Waals surface area contributed by atoms with Crippen LogP contribution in [0.2, 0.25) is 0 Å². The predicted octanol–water partition coefficient (Wildman–Crippen LogP) is 0.199. The van der Waals surface area contributed by atoms with Gasteiger partial charge < -0.3 is 15.4 Å². The first kappa shape index (κ1) is 23.0. The molecule has 3 rings (SSSR count). The van der Waals surface area contributed by atoms with Gasteiger partial charge in [-0.05, 0) is 32.6 Å². The number of aromatic nitrogens is 3. The highest BCUT2D eigenvalue weighted by Gasteiger charge is 2.22. The first-order chi connectivity index (χ1) is 14.5. The van der Waals surface area contributed by atoms with Crippen molar-refractivity contribution < 1.29 is 13.2 Å². The molecule has 0 spiro atoms. The fraction of sp³-hybridized carbons (Fsp3) is 0.842. The van der Waals surface area contributed by atoms with Gasteiger partial charge in [0.1, 0.15) is 5.82 Å². The third-order valence-corrected chi connectivity index (χ3v) is 6.66. The van der Waals surface area contributed by atoms with Crippen LogP contribution in [0.1, 0.15) is 51.2 Å². The molecule has 3 N–H and O–H groups in total. The van der Waals surface area contributed by atoms with Gasteiger partial charge in [-0.25, -0.2) is 22.8 Å². The number of hydrogen-bond donors (Lipinski definition) is 3. The average molecular weight is 442 g/mol. The molecule has 0 amide bonds. The highest BCUT2D eigenvalue weighted by molar-refractivity contribution is 7.89. The lowest BCUT2D eigenvalue weighted by molar-refractivity contribution is 0.0200. The molecule has 2 unspecified atom stereocenters. The van der Waals surface area contributed by atoms with Crippen LogP contribution in [0.25, 0.3) is 0 Å². The molecule has 0 aliphatic carbocycles. The number of rotatable bonds is 9. The van der Waals surface area contributed by atoms with Crippen LogP contribution in [0.4, 0.5) is 0 Å². The molecule has 3 heterocycles. The van der Waals surface area contributed by atoms with Gasteiger partial charge in [-0.1, -0.05) is 6.92 Å². The lowest BCUT2D eigenvalue weighted by Gasteiger charge is -2.25. The Hall–Kier alpha value is -1.72. The lowest BCUT2D eigenvalue weighted by Crippen LogP contribution is -2.47. The van der Waals surface area contributed by atoms with Crippen molar-refractivity contribution in [1.29, 1.82) is 0 Å². The van der Waals surface area contributed by atoms with Crippen LogP contribution in [0.15, 0.2) is 4.99 Å². The number of aliphatic imine (C=N–C) groups is 1. The zero-order chi connectivity index (χ0) is 21.4. The zero-order valence-corrected chi connectivity index (χ0v) is 18.9. The minimum atomic E-state index is -3.38. The fourth-order valence-electron chi connectivity index (χ4n) is 3.68. The number of fused-ring (bicyclic) bond motifs is 1. The molecule has 2 aliphatic rings. The number of guanidine groups is 1. The van der Waals surface area contributed by atoms with Crippen molar-refractivity contribution in [1.82, 2.24) is 30.1 Å². The summed E-state index contributed by atoms with van der Waals surface area (Å²) in [5.74, 6) is 2.50. The highest BCUT2D eigenvalue weighted by Crippen LogP contribution is 2.13. The van der Waals surface area contributed by atoms with Crippen molar-refractivity contribution >= 4 is 16.0 Å². The third kappa shape index (κ3) is 6.92. The summed E-state index contributed by atoms with van der Waals surface area (Å²) in [6, 6.07) is 0.180. The van der Waals surface area contributed by atoms with E-state index in [0.29, 0.717) is 25.7 Å². The topological polar surface area (TPSA) is 123 Å². The Morgan fingerprint density at radius 1 is 1.30 bits per heavy atom. The van der Waals surface area contributed by atoms with Crippen molar-refractivity contribution in [3.8, 4) is 0 Å². The van der Waals surface area contributed by atoms with E-state index < -0.39 is 10.0 Å². The van der Waals surface area contributed by atoms with Crippen LogP contribution in [-0.2, 0) is 34.1 Å². The maximum atomic E-state index is 12.3. The van der Waals surface area contributed by atoms with Crippen LogP contribution in [0.5, 0.6) is 0 Å². The molecule has 0 bridgehead atoms. The predicted molar refractivity (Wildman–Crippen MR) is 116 cm³/mol. The van der Waals surface area contributed by atoms with Gasteiger partial charge in [-0.2, -0.15) is 5.10 Å². The van der Waals surface area contributed by atoms with Crippen LogP contribution in [0.3, 0.4) is 0 Å². The van der Waals surface area contributed by atoms with Gasteiger partial charge in [0.2, 0.25) is 10.0 Å². The maximum Gasteiger partial charge on any atom is 0.213 e. The summed E-state index contributed by atoms with van der Waals surface area (Å²) in [6.45, 7) is 6.72. The summed E-state index contributed by atoms with van der Waals surface area (Å²) in [7, 11) is -3.38. The van der Waals surface area contributed by atoms with Gasteiger partial charge in [0.05, 0.1) is 24.9 Å². The van der Waals surface area contributed by atoms with Gasteiger partial charge in [0.15, 0.2) is 11.8 Å². The molecule has 1 aromatic rings. The molecule has 11 heteroatoms. The number of aryl methyl sites for hydroxylation is 2. The van der Waals surface area contributed by atoms with Crippen molar-refractivity contribution in [3.63, 3.8) is 0 Å². The molecule has 0 aromatic carbocycles. The minimum absolute atomic E-state index is 0.0165. The molecular weight excluding hydrogens is 406 g/mol. The standard InChI is InChI=1S/C19H35N7O3S/c1-3-17-24-18-9-8-15(14-26(18)25-17)23-19(20-4-2)21-10-12-30(27,28)22-13-16-7-5-6-11-29-16/h15-16,22H,3-14H2,1-2H3,(H2,20,21,23). The number of hydrogen-bond acceptors (Lipinski definition) is 6. The Bertz CT molecular complexity index is 803. The Morgan fingerprint density at radius 3 is 2.90 bits per heavy atom. The summed E-state index contributed by atoms with van der Waals surface area (Å²) >= 11 is 0. The lowest BCUT2D eigenvalue weighted by atomic mass is 10.1. The first-order valence-corrected chi connectivity index (χ1v) is 12.7. The van der Waals surface area contributed by atoms with E-state index in [-0.39, 0.29) is 24.4 Å². The molecule has 170 valence electrons. The molecule has 1 fully saturated rings. The Kier molecular flexibility index (Phi) is 8.46. The second kappa shape index (κ2) is 11.1. The van der Waals surface area contributed by atoms with E-state index in [9.17, 15) is 8.42 Å². The van der Waals surface area contributed by atoms with E-state index in [1.165, 1.54) is 0 Å². The van der Waals surface area contributed by atoms with Crippen molar-refractivity contribution in [2.24, 2.45) is 4.99 Å². The zero-order valence-electron chi connectivity index (χ0n) is 18.1. The molecule has 10 nitrogen and oxygen atoms in total. The van der Waals surface area contributed by atoms with Gasteiger partial charge in [0, 0.05) is 38.6 Å². The number of ether oxygens (including phenoxy) is 1. The second-order valence-corrected chi connectivity index (χ2v) is 9.70. The molecule has 2 atom stereocenters. The molecule has 30 heavy (non-hydrogen) atoms. The first-order valence-electron chi connectivity index (χ1n) is 11.1. The van der Waals surface area contributed by atoms with Crippen molar-refractivity contribution in [2.75, 3.05) is 32.0 Å². The molecular formula is C19H35N7O3S. The van der Waals surface area contributed by atoms with Crippen molar-refractivity contribution in [2.45, 2.75) is 71.1 Å². The minimum Gasteiger partial charge on any atom is -0.377 e. The summed E-state index contributed by atoms with van der Waals surface area (Å²) in [5, 5.41) is 11.1. The fourth-order valence-corrected chi connectivity index (χ4v) is 4.60. The number of nitrogens with one attached hydrogen (secondary N) is 3. The normalized spacial score (nSPS) is 22.5. The van der Waals surface area contributed by atoms with Gasteiger partial charge >= 0.3 is 0 Å².